The topological polar surface area (TPSA) is 86.5 Å². The zero-order valence-electron chi connectivity index (χ0n) is 14.2. The number of nitrogens with zero attached hydrogens (tertiary/aromatic N) is 2. The van der Waals surface area contributed by atoms with Crippen LogP contribution in [-0.4, -0.2) is 30.3 Å². The summed E-state index contributed by atoms with van der Waals surface area (Å²) in [5.41, 5.74) is 1.13. The Morgan fingerprint density at radius 3 is 2.35 bits per heavy atom. The third-order valence-electron chi connectivity index (χ3n) is 3.57. The smallest absolute Gasteiger partial charge is 0.322 e. The summed E-state index contributed by atoms with van der Waals surface area (Å²) >= 11 is 0. The maximum absolute atomic E-state index is 12.9. The van der Waals surface area contributed by atoms with E-state index < -0.39 is 5.91 Å². The summed E-state index contributed by atoms with van der Waals surface area (Å²) in [6, 6.07) is 10.7. The van der Waals surface area contributed by atoms with Gasteiger partial charge < -0.3 is 13.9 Å². The van der Waals surface area contributed by atoms with Crippen molar-refractivity contribution in [3.8, 4) is 11.5 Å². The third-order valence-corrected chi connectivity index (χ3v) is 3.57. The Morgan fingerprint density at radius 1 is 1.08 bits per heavy atom. The molecule has 1 N–H and O–H groups in total. The summed E-state index contributed by atoms with van der Waals surface area (Å²) in [4.78, 5) is 12.4. The van der Waals surface area contributed by atoms with Crippen molar-refractivity contribution < 1.29 is 23.1 Å². The van der Waals surface area contributed by atoms with Crippen LogP contribution in [0, 0.1) is 5.82 Å². The van der Waals surface area contributed by atoms with Crippen molar-refractivity contribution in [3.63, 3.8) is 0 Å². The fraction of sp³-hybridized carbons (Fsp3) is 0.167. The average molecular weight is 357 g/mol. The molecule has 3 aromatic rings. The quantitative estimate of drug-likeness (QED) is 0.730. The highest BCUT2D eigenvalue weighted by Crippen LogP contribution is 2.23. The minimum absolute atomic E-state index is 0.0334. The molecular weight excluding hydrogens is 341 g/mol. The number of methoxy groups -OCH3 is 2. The molecule has 0 saturated heterocycles. The second-order valence-electron chi connectivity index (χ2n) is 5.36. The second kappa shape index (κ2) is 7.64. The highest BCUT2D eigenvalue weighted by molar-refractivity contribution is 6.03. The Hall–Kier alpha value is -3.42. The highest BCUT2D eigenvalue weighted by atomic mass is 19.1. The predicted octanol–water partition coefficient (Wildman–Crippen LogP) is 3.07. The standard InChI is InChI=1S/C18H16FN3O4/c1-24-14-8-12(9-15(10-14)25-2)17(23)20-18-22-21-16(26-18)7-11-3-5-13(19)6-4-11/h3-6,8-10H,7H2,1-2H3,(H,20,22,23). The molecule has 1 amide bonds. The van der Waals surface area contributed by atoms with Gasteiger partial charge in [-0.2, -0.15) is 0 Å². The molecule has 0 spiro atoms. The number of anilines is 1. The largest absolute Gasteiger partial charge is 0.497 e. The van der Waals surface area contributed by atoms with E-state index in [9.17, 15) is 9.18 Å². The Morgan fingerprint density at radius 2 is 1.73 bits per heavy atom. The van der Waals surface area contributed by atoms with Crippen LogP contribution in [0.4, 0.5) is 10.4 Å². The summed E-state index contributed by atoms with van der Waals surface area (Å²) in [6.45, 7) is 0. The lowest BCUT2D eigenvalue weighted by Gasteiger charge is -2.07. The van der Waals surface area contributed by atoms with Crippen LogP contribution >= 0.6 is 0 Å². The summed E-state index contributed by atoms with van der Waals surface area (Å²) < 4.78 is 28.6. The number of carbonyl (C=O) groups is 1. The maximum atomic E-state index is 12.9. The highest BCUT2D eigenvalue weighted by Gasteiger charge is 2.14. The lowest BCUT2D eigenvalue weighted by atomic mass is 10.1. The molecule has 0 unspecified atom stereocenters. The van der Waals surface area contributed by atoms with E-state index in [1.54, 1.807) is 30.3 Å². The van der Waals surface area contributed by atoms with Crippen LogP contribution in [0.2, 0.25) is 0 Å². The van der Waals surface area contributed by atoms with Crippen LogP contribution in [-0.2, 0) is 6.42 Å². The van der Waals surface area contributed by atoms with Gasteiger partial charge in [0.2, 0.25) is 5.89 Å². The summed E-state index contributed by atoms with van der Waals surface area (Å²) in [5, 5.41) is 10.2. The molecule has 0 atom stereocenters. The van der Waals surface area contributed by atoms with Gasteiger partial charge in [-0.1, -0.05) is 17.2 Å². The normalized spacial score (nSPS) is 10.4. The van der Waals surface area contributed by atoms with E-state index in [0.717, 1.165) is 5.56 Å². The number of aromatic nitrogens is 2. The van der Waals surface area contributed by atoms with E-state index in [0.29, 0.717) is 29.4 Å². The molecule has 0 saturated carbocycles. The van der Waals surface area contributed by atoms with E-state index >= 15 is 0 Å². The van der Waals surface area contributed by atoms with Crippen LogP contribution in [0.25, 0.3) is 0 Å². The van der Waals surface area contributed by atoms with Gasteiger partial charge in [0.1, 0.15) is 17.3 Å². The van der Waals surface area contributed by atoms with Crippen LogP contribution in [0.3, 0.4) is 0 Å². The fourth-order valence-electron chi connectivity index (χ4n) is 2.26. The minimum atomic E-state index is -0.445. The summed E-state index contributed by atoms with van der Waals surface area (Å²) in [6.07, 6.45) is 0.329. The number of nitrogens with one attached hydrogen (secondary N) is 1. The molecule has 0 aliphatic rings. The van der Waals surface area contributed by atoms with Gasteiger partial charge in [-0.15, -0.1) is 5.10 Å². The van der Waals surface area contributed by atoms with E-state index in [-0.39, 0.29) is 11.8 Å². The molecule has 1 heterocycles. The molecule has 2 aromatic carbocycles. The van der Waals surface area contributed by atoms with Crippen LogP contribution in [0.5, 0.6) is 11.5 Å². The predicted molar refractivity (Wildman–Crippen MR) is 91.0 cm³/mol. The van der Waals surface area contributed by atoms with Gasteiger partial charge >= 0.3 is 6.01 Å². The number of halogens is 1. The molecule has 0 radical (unpaired) electrons. The molecule has 26 heavy (non-hydrogen) atoms. The van der Waals surface area contributed by atoms with Gasteiger partial charge in [0.05, 0.1) is 20.6 Å². The zero-order chi connectivity index (χ0) is 18.5. The fourth-order valence-corrected chi connectivity index (χ4v) is 2.26. The van der Waals surface area contributed by atoms with Crippen LogP contribution < -0.4 is 14.8 Å². The zero-order valence-corrected chi connectivity index (χ0v) is 14.2. The summed E-state index contributed by atoms with van der Waals surface area (Å²) in [5.74, 6) is 0.504. The van der Waals surface area contributed by atoms with Crippen molar-refractivity contribution in [1.29, 1.82) is 0 Å². The van der Waals surface area contributed by atoms with Gasteiger partial charge in [0.15, 0.2) is 0 Å². The Kier molecular flexibility index (Phi) is 5.12. The number of amides is 1. The van der Waals surface area contributed by atoms with E-state index in [1.807, 2.05) is 0 Å². The molecule has 0 bridgehead atoms. The number of ether oxygens (including phenoxy) is 2. The van der Waals surface area contributed by atoms with E-state index in [1.165, 1.54) is 26.4 Å². The first-order valence-electron chi connectivity index (χ1n) is 7.68. The van der Waals surface area contributed by atoms with Crippen molar-refractivity contribution in [3.05, 3.63) is 65.3 Å². The van der Waals surface area contributed by atoms with Crippen molar-refractivity contribution in [2.75, 3.05) is 19.5 Å². The molecule has 7 nitrogen and oxygen atoms in total. The van der Waals surface area contributed by atoms with Crippen molar-refractivity contribution in [2.24, 2.45) is 0 Å². The second-order valence-corrected chi connectivity index (χ2v) is 5.36. The number of carbonyl (C=O) groups excluding carboxylic acids is 1. The lowest BCUT2D eigenvalue weighted by Crippen LogP contribution is -2.12. The first-order valence-corrected chi connectivity index (χ1v) is 7.68. The Bertz CT molecular complexity index is 887. The number of rotatable bonds is 6. The molecular formula is C18H16FN3O4. The van der Waals surface area contributed by atoms with E-state index in [2.05, 4.69) is 15.5 Å². The van der Waals surface area contributed by atoms with Gasteiger partial charge in [-0.25, -0.2) is 4.39 Å². The summed E-state index contributed by atoms with van der Waals surface area (Å²) in [7, 11) is 2.99. The minimum Gasteiger partial charge on any atom is -0.497 e. The lowest BCUT2D eigenvalue weighted by molar-refractivity contribution is 0.102. The van der Waals surface area contributed by atoms with Gasteiger partial charge in [-0.05, 0) is 29.8 Å². The van der Waals surface area contributed by atoms with Crippen molar-refractivity contribution in [1.82, 2.24) is 10.2 Å². The number of hydrogen-bond donors (Lipinski definition) is 1. The molecule has 134 valence electrons. The molecule has 0 aliphatic heterocycles. The third kappa shape index (κ3) is 4.15. The van der Waals surface area contributed by atoms with Crippen LogP contribution in [0.15, 0.2) is 46.9 Å². The molecule has 8 heteroatoms. The molecule has 3 rings (SSSR count). The van der Waals surface area contributed by atoms with Crippen molar-refractivity contribution in [2.45, 2.75) is 6.42 Å². The number of benzene rings is 2. The first kappa shape index (κ1) is 17.4. The average Bonchev–Trinajstić information content (AvgIpc) is 3.09. The maximum Gasteiger partial charge on any atom is 0.322 e. The van der Waals surface area contributed by atoms with E-state index in [4.69, 9.17) is 13.9 Å². The molecule has 0 fully saturated rings. The number of hydrogen-bond acceptors (Lipinski definition) is 6. The Balaban J connectivity index is 1.70. The Labute approximate surface area is 148 Å². The van der Waals surface area contributed by atoms with Crippen LogP contribution in [0.1, 0.15) is 21.8 Å². The SMILES string of the molecule is COc1cc(OC)cc(C(=O)Nc2nnc(Cc3ccc(F)cc3)o2)c1. The van der Waals surface area contributed by atoms with Crippen molar-refractivity contribution >= 4 is 11.9 Å². The first-order chi connectivity index (χ1) is 12.6. The van der Waals surface area contributed by atoms with Gasteiger partial charge in [-0.3, -0.25) is 10.1 Å². The molecule has 1 aromatic heterocycles. The van der Waals surface area contributed by atoms with Gasteiger partial charge in [0.25, 0.3) is 5.91 Å². The van der Waals surface area contributed by atoms with Gasteiger partial charge in [0, 0.05) is 11.6 Å². The molecule has 0 aliphatic carbocycles. The monoisotopic (exact) mass is 357 g/mol.